The van der Waals surface area contributed by atoms with Gasteiger partial charge in [-0.05, 0) is 5.92 Å². The lowest BCUT2D eigenvalue weighted by molar-refractivity contribution is -0.162. The van der Waals surface area contributed by atoms with Gasteiger partial charge in [0.15, 0.2) is 0 Å². The van der Waals surface area contributed by atoms with Crippen LogP contribution in [0.15, 0.2) is 12.5 Å². The lowest BCUT2D eigenvalue weighted by atomic mass is 10.1. The molecule has 0 fully saturated rings. The van der Waals surface area contributed by atoms with Crippen LogP contribution in [-0.2, 0) is 19.0 Å². The van der Waals surface area contributed by atoms with Crippen molar-refractivity contribution in [3.05, 3.63) is 12.5 Å². The molecule has 1 aliphatic heterocycles. The first kappa shape index (κ1) is 12.9. The van der Waals surface area contributed by atoms with Crippen molar-refractivity contribution in [3.8, 4) is 0 Å². The molecule has 0 bridgehead atoms. The van der Waals surface area contributed by atoms with Gasteiger partial charge in [0.1, 0.15) is 12.5 Å². The molecule has 4 heteroatoms. The van der Waals surface area contributed by atoms with Gasteiger partial charge in [-0.2, -0.15) is 0 Å². The predicted molar refractivity (Wildman–Crippen MR) is 59.4 cm³/mol. The van der Waals surface area contributed by atoms with E-state index in [1.54, 1.807) is 0 Å². The topological polar surface area (TPSA) is 44.8 Å². The molecular weight excluding hydrogens is 208 g/mol. The summed E-state index contributed by atoms with van der Waals surface area (Å²) in [5, 5.41) is 0. The van der Waals surface area contributed by atoms with E-state index in [4.69, 9.17) is 14.2 Å². The Hall–Kier alpha value is -1.19. The van der Waals surface area contributed by atoms with Crippen LogP contribution in [0.4, 0.5) is 0 Å². The molecule has 92 valence electrons. The van der Waals surface area contributed by atoms with Gasteiger partial charge in [0.2, 0.25) is 5.79 Å². The molecule has 1 heterocycles. The zero-order valence-corrected chi connectivity index (χ0v) is 10.2. The summed E-state index contributed by atoms with van der Waals surface area (Å²) in [6, 6.07) is 0. The van der Waals surface area contributed by atoms with E-state index in [2.05, 4.69) is 0 Å². The molecule has 0 radical (unpaired) electrons. The number of esters is 1. The lowest BCUT2D eigenvalue weighted by Crippen LogP contribution is -2.30. The zero-order valence-electron chi connectivity index (χ0n) is 10.2. The maximum absolute atomic E-state index is 11.4. The first-order valence-electron chi connectivity index (χ1n) is 5.74. The minimum absolute atomic E-state index is 0.194. The van der Waals surface area contributed by atoms with Gasteiger partial charge in [0, 0.05) is 12.8 Å². The zero-order chi connectivity index (χ0) is 12.0. The maximum atomic E-state index is 11.4. The highest BCUT2D eigenvalue weighted by molar-refractivity contribution is 5.69. The minimum atomic E-state index is -0.656. The van der Waals surface area contributed by atoms with E-state index in [9.17, 15) is 4.79 Å². The SMILES string of the molecule is CCC1(CCC(=O)OCC(C)C)OC=CO1. The van der Waals surface area contributed by atoms with Gasteiger partial charge in [0.25, 0.3) is 0 Å². The minimum Gasteiger partial charge on any atom is -0.465 e. The van der Waals surface area contributed by atoms with E-state index < -0.39 is 5.79 Å². The van der Waals surface area contributed by atoms with Crippen LogP contribution < -0.4 is 0 Å². The Balaban J connectivity index is 2.25. The molecule has 0 N–H and O–H groups in total. The quantitative estimate of drug-likeness (QED) is 0.655. The first-order chi connectivity index (χ1) is 7.58. The number of ether oxygens (including phenoxy) is 3. The van der Waals surface area contributed by atoms with Crippen molar-refractivity contribution in [1.29, 1.82) is 0 Å². The number of carbonyl (C=O) groups excluding carboxylic acids is 1. The molecule has 16 heavy (non-hydrogen) atoms. The second kappa shape index (κ2) is 5.77. The van der Waals surface area contributed by atoms with Crippen LogP contribution in [0.2, 0.25) is 0 Å². The summed E-state index contributed by atoms with van der Waals surface area (Å²) >= 11 is 0. The lowest BCUT2D eigenvalue weighted by Gasteiger charge is -2.25. The highest BCUT2D eigenvalue weighted by Gasteiger charge is 2.34. The number of hydrogen-bond donors (Lipinski definition) is 0. The van der Waals surface area contributed by atoms with Gasteiger partial charge in [-0.15, -0.1) is 0 Å². The Kier molecular flexibility index (Phi) is 4.65. The van der Waals surface area contributed by atoms with Crippen LogP contribution in [0.5, 0.6) is 0 Å². The summed E-state index contributed by atoms with van der Waals surface area (Å²) in [6.45, 7) is 6.45. The largest absolute Gasteiger partial charge is 0.465 e. The molecule has 0 saturated heterocycles. The van der Waals surface area contributed by atoms with Gasteiger partial charge in [-0.25, -0.2) is 0 Å². The standard InChI is InChI=1S/C12H20O4/c1-4-12(15-7-8-16-12)6-5-11(13)14-9-10(2)3/h7-8,10H,4-6,9H2,1-3H3. The van der Waals surface area contributed by atoms with Crippen LogP contribution in [0, 0.1) is 5.92 Å². The van der Waals surface area contributed by atoms with Crippen molar-refractivity contribution in [2.75, 3.05) is 6.61 Å². The second-order valence-electron chi connectivity index (χ2n) is 4.35. The maximum Gasteiger partial charge on any atom is 0.306 e. The molecule has 0 aromatic heterocycles. The Labute approximate surface area is 96.6 Å². The molecule has 0 saturated carbocycles. The van der Waals surface area contributed by atoms with Crippen molar-refractivity contribution < 1.29 is 19.0 Å². The second-order valence-corrected chi connectivity index (χ2v) is 4.35. The predicted octanol–water partition coefficient (Wildman–Crippen LogP) is 2.59. The van der Waals surface area contributed by atoms with E-state index in [0.717, 1.165) is 0 Å². The summed E-state index contributed by atoms with van der Waals surface area (Å²) in [4.78, 5) is 11.4. The summed E-state index contributed by atoms with van der Waals surface area (Å²) in [7, 11) is 0. The third kappa shape index (κ3) is 3.76. The number of rotatable bonds is 6. The van der Waals surface area contributed by atoms with Gasteiger partial charge >= 0.3 is 5.97 Å². The Morgan fingerprint density at radius 1 is 1.38 bits per heavy atom. The van der Waals surface area contributed by atoms with Gasteiger partial charge in [0.05, 0.1) is 13.0 Å². The first-order valence-corrected chi connectivity index (χ1v) is 5.74. The van der Waals surface area contributed by atoms with Crippen LogP contribution in [0.25, 0.3) is 0 Å². The van der Waals surface area contributed by atoms with E-state index >= 15 is 0 Å². The van der Waals surface area contributed by atoms with E-state index in [1.165, 1.54) is 12.5 Å². The molecular formula is C12H20O4. The van der Waals surface area contributed by atoms with Gasteiger partial charge in [-0.3, -0.25) is 4.79 Å². The molecule has 0 aliphatic carbocycles. The molecule has 1 rings (SSSR count). The van der Waals surface area contributed by atoms with Crippen molar-refractivity contribution in [2.24, 2.45) is 5.92 Å². The van der Waals surface area contributed by atoms with Crippen LogP contribution in [-0.4, -0.2) is 18.4 Å². The van der Waals surface area contributed by atoms with Gasteiger partial charge < -0.3 is 14.2 Å². The number of carbonyl (C=O) groups is 1. The fourth-order valence-corrected chi connectivity index (χ4v) is 1.42. The molecule has 4 nitrogen and oxygen atoms in total. The third-order valence-electron chi connectivity index (χ3n) is 2.45. The molecule has 0 unspecified atom stereocenters. The van der Waals surface area contributed by atoms with Gasteiger partial charge in [-0.1, -0.05) is 20.8 Å². The summed E-state index contributed by atoms with van der Waals surface area (Å²) in [5.74, 6) is -0.484. The normalized spacial score (nSPS) is 17.0. The Morgan fingerprint density at radius 3 is 2.50 bits per heavy atom. The van der Waals surface area contributed by atoms with Crippen molar-refractivity contribution >= 4 is 5.97 Å². The average molecular weight is 228 g/mol. The third-order valence-corrected chi connectivity index (χ3v) is 2.45. The number of hydrogen-bond acceptors (Lipinski definition) is 4. The molecule has 0 aromatic carbocycles. The van der Waals surface area contributed by atoms with Crippen molar-refractivity contribution in [3.63, 3.8) is 0 Å². The average Bonchev–Trinajstić information content (AvgIpc) is 2.73. The highest BCUT2D eigenvalue weighted by Crippen LogP contribution is 2.29. The van der Waals surface area contributed by atoms with Crippen molar-refractivity contribution in [2.45, 2.75) is 45.8 Å². The fourth-order valence-electron chi connectivity index (χ4n) is 1.42. The Morgan fingerprint density at radius 2 is 2.00 bits per heavy atom. The molecule has 0 atom stereocenters. The summed E-state index contributed by atoms with van der Waals surface area (Å²) in [5.41, 5.74) is 0. The van der Waals surface area contributed by atoms with E-state index in [-0.39, 0.29) is 5.97 Å². The Bertz CT molecular complexity index is 250. The molecule has 0 amide bonds. The van der Waals surface area contributed by atoms with Crippen LogP contribution in [0.1, 0.15) is 40.0 Å². The van der Waals surface area contributed by atoms with Crippen LogP contribution >= 0.6 is 0 Å². The molecule has 0 spiro atoms. The molecule has 1 aliphatic rings. The summed E-state index contributed by atoms with van der Waals surface area (Å²) < 4.78 is 15.8. The molecule has 0 aromatic rings. The highest BCUT2D eigenvalue weighted by atomic mass is 16.7. The van der Waals surface area contributed by atoms with E-state index in [0.29, 0.717) is 31.8 Å². The van der Waals surface area contributed by atoms with E-state index in [1.807, 2.05) is 20.8 Å². The van der Waals surface area contributed by atoms with Crippen molar-refractivity contribution in [1.82, 2.24) is 0 Å². The monoisotopic (exact) mass is 228 g/mol. The van der Waals surface area contributed by atoms with Crippen LogP contribution in [0.3, 0.4) is 0 Å². The fraction of sp³-hybridized carbons (Fsp3) is 0.750. The smallest absolute Gasteiger partial charge is 0.306 e. The summed E-state index contributed by atoms with van der Waals surface area (Å²) in [6.07, 6.45) is 4.58.